The van der Waals surface area contributed by atoms with Crippen molar-refractivity contribution in [2.24, 2.45) is 5.10 Å². The first-order valence-corrected chi connectivity index (χ1v) is 11.7. The molecule has 33 heavy (non-hydrogen) atoms. The SMILES string of the molecule is CC(=O)OC1=NN(C)c2cc3cnc(Nc4ccc(S(=O)O)nc4)nc3n2C12CCCCC2. The Balaban J connectivity index is 1.59. The Morgan fingerprint density at radius 1 is 1.21 bits per heavy atom. The summed E-state index contributed by atoms with van der Waals surface area (Å²) in [4.78, 5) is 25.0. The standard InChI is InChI=1S/C21H23N7O4S/c1-13(29)32-19-21(8-4-3-5-9-21)28-17(27(2)26-19)10-14-11-23-20(25-18(14)28)24-15-6-7-16(22-12-15)33(30)31/h6-7,10-12H,3-5,8-9H2,1-2H3,(H,30,31)(H,23,24,25). The van der Waals surface area contributed by atoms with Crippen molar-refractivity contribution in [2.75, 3.05) is 17.4 Å². The van der Waals surface area contributed by atoms with Gasteiger partial charge in [-0.3, -0.25) is 9.36 Å². The highest BCUT2D eigenvalue weighted by Crippen LogP contribution is 2.45. The average Bonchev–Trinajstić information content (AvgIpc) is 3.18. The number of nitrogens with zero attached hydrogens (tertiary/aromatic N) is 6. The van der Waals surface area contributed by atoms with Crippen molar-refractivity contribution in [1.29, 1.82) is 0 Å². The van der Waals surface area contributed by atoms with Crippen LogP contribution < -0.4 is 10.3 Å². The van der Waals surface area contributed by atoms with Gasteiger partial charge >= 0.3 is 5.97 Å². The highest BCUT2D eigenvalue weighted by molar-refractivity contribution is 7.79. The summed E-state index contributed by atoms with van der Waals surface area (Å²) < 4.78 is 28.0. The fraction of sp³-hybridized carbons (Fsp3) is 0.381. The maximum absolute atomic E-state index is 11.9. The molecule has 0 bridgehead atoms. The Morgan fingerprint density at radius 3 is 2.67 bits per heavy atom. The molecule has 0 amide bonds. The molecule has 1 spiro atoms. The molecular weight excluding hydrogens is 446 g/mol. The Hall–Kier alpha value is -3.38. The summed E-state index contributed by atoms with van der Waals surface area (Å²) in [6.07, 6.45) is 7.86. The number of fused-ring (bicyclic) bond motifs is 4. The molecule has 5 rings (SSSR count). The molecule has 0 aromatic carbocycles. The lowest BCUT2D eigenvalue weighted by atomic mass is 9.80. The van der Waals surface area contributed by atoms with Crippen LogP contribution in [0, 0.1) is 0 Å². The third-order valence-corrected chi connectivity index (χ3v) is 6.61. The molecule has 11 nitrogen and oxygen atoms in total. The lowest BCUT2D eigenvalue weighted by Crippen LogP contribution is -2.50. The van der Waals surface area contributed by atoms with Crippen LogP contribution in [0.3, 0.4) is 0 Å². The van der Waals surface area contributed by atoms with Crippen LogP contribution in [0.4, 0.5) is 17.5 Å². The predicted octanol–water partition coefficient (Wildman–Crippen LogP) is 3.14. The Kier molecular flexibility index (Phi) is 5.33. The highest BCUT2D eigenvalue weighted by atomic mass is 32.2. The molecule has 12 heteroatoms. The quantitative estimate of drug-likeness (QED) is 0.438. The maximum atomic E-state index is 11.9. The van der Waals surface area contributed by atoms with E-state index in [0.717, 1.165) is 43.3 Å². The van der Waals surface area contributed by atoms with E-state index in [1.807, 2.05) is 13.1 Å². The normalized spacial score (nSPS) is 18.0. The summed E-state index contributed by atoms with van der Waals surface area (Å²) in [6, 6.07) is 5.08. The summed E-state index contributed by atoms with van der Waals surface area (Å²) in [6.45, 7) is 1.39. The molecule has 1 saturated carbocycles. The van der Waals surface area contributed by atoms with Crippen LogP contribution in [0.2, 0.25) is 0 Å². The van der Waals surface area contributed by atoms with Crippen molar-refractivity contribution in [3.8, 4) is 0 Å². The first-order chi connectivity index (χ1) is 15.9. The molecular formula is C21H23N7O4S. The molecule has 1 unspecified atom stereocenters. The number of hydrogen-bond donors (Lipinski definition) is 2. The molecule has 2 aliphatic rings. The zero-order valence-electron chi connectivity index (χ0n) is 18.2. The molecule has 0 radical (unpaired) electrons. The molecule has 1 fully saturated rings. The van der Waals surface area contributed by atoms with Crippen LogP contribution in [0.1, 0.15) is 39.0 Å². The van der Waals surface area contributed by atoms with Crippen LogP contribution in [0.5, 0.6) is 0 Å². The van der Waals surface area contributed by atoms with Crippen LogP contribution >= 0.6 is 0 Å². The fourth-order valence-electron chi connectivity index (χ4n) is 4.58. The Bertz CT molecular complexity index is 1280. The lowest BCUT2D eigenvalue weighted by Gasteiger charge is -2.43. The second-order valence-electron chi connectivity index (χ2n) is 8.18. The van der Waals surface area contributed by atoms with Gasteiger partial charge in [-0.25, -0.2) is 19.2 Å². The minimum absolute atomic E-state index is 0.0668. The Labute approximate surface area is 192 Å². The maximum Gasteiger partial charge on any atom is 0.309 e. The van der Waals surface area contributed by atoms with E-state index in [0.29, 0.717) is 23.2 Å². The number of rotatable bonds is 3. The zero-order chi connectivity index (χ0) is 23.2. The van der Waals surface area contributed by atoms with Gasteiger partial charge in [0, 0.05) is 25.6 Å². The number of anilines is 3. The van der Waals surface area contributed by atoms with Gasteiger partial charge in [0.1, 0.15) is 17.0 Å². The zero-order valence-corrected chi connectivity index (χ0v) is 19.0. The number of esters is 1. The first-order valence-electron chi connectivity index (χ1n) is 10.6. The number of aromatic nitrogens is 4. The lowest BCUT2D eigenvalue weighted by molar-refractivity contribution is -0.133. The van der Waals surface area contributed by atoms with E-state index in [4.69, 9.17) is 14.3 Å². The number of nitrogens with one attached hydrogen (secondary N) is 1. The number of ether oxygens (including phenoxy) is 1. The second kappa shape index (κ2) is 8.19. The number of carbonyl (C=O) groups is 1. The molecule has 4 heterocycles. The monoisotopic (exact) mass is 469 g/mol. The average molecular weight is 470 g/mol. The topological polar surface area (TPSA) is 135 Å². The van der Waals surface area contributed by atoms with Crippen molar-refractivity contribution < 1.29 is 18.3 Å². The molecule has 0 saturated heterocycles. The number of carbonyl (C=O) groups excluding carboxylic acids is 1. The van der Waals surface area contributed by atoms with Gasteiger partial charge in [-0.1, -0.05) is 19.3 Å². The third kappa shape index (κ3) is 3.74. The number of hydrogen-bond acceptors (Lipinski definition) is 9. The van der Waals surface area contributed by atoms with Crippen LogP contribution in [0.15, 0.2) is 40.7 Å². The molecule has 1 atom stereocenters. The van der Waals surface area contributed by atoms with Gasteiger partial charge in [0.15, 0.2) is 5.03 Å². The summed E-state index contributed by atoms with van der Waals surface area (Å²) in [5.41, 5.74) is 0.700. The smallest absolute Gasteiger partial charge is 0.309 e. The molecule has 172 valence electrons. The van der Waals surface area contributed by atoms with Gasteiger partial charge in [0.05, 0.1) is 11.9 Å². The molecule has 1 aliphatic carbocycles. The van der Waals surface area contributed by atoms with Crippen LogP contribution in [-0.2, 0) is 26.2 Å². The summed E-state index contributed by atoms with van der Waals surface area (Å²) in [5, 5.41) is 10.3. The molecule has 3 aromatic heterocycles. The summed E-state index contributed by atoms with van der Waals surface area (Å²) in [5.74, 6) is 1.20. The van der Waals surface area contributed by atoms with Gasteiger partial charge in [-0.2, -0.15) is 4.98 Å². The van der Waals surface area contributed by atoms with Gasteiger partial charge in [-0.05, 0) is 31.0 Å². The van der Waals surface area contributed by atoms with Crippen molar-refractivity contribution in [2.45, 2.75) is 49.6 Å². The van der Waals surface area contributed by atoms with E-state index in [-0.39, 0.29) is 5.03 Å². The van der Waals surface area contributed by atoms with E-state index >= 15 is 0 Å². The molecule has 3 aromatic rings. The van der Waals surface area contributed by atoms with Crippen LogP contribution in [-0.4, -0.2) is 47.2 Å². The van der Waals surface area contributed by atoms with Crippen molar-refractivity contribution >= 4 is 51.4 Å². The van der Waals surface area contributed by atoms with Crippen molar-refractivity contribution in [3.05, 3.63) is 30.6 Å². The largest absolute Gasteiger partial charge is 0.407 e. The highest BCUT2D eigenvalue weighted by Gasteiger charge is 2.47. The number of pyridine rings is 1. The van der Waals surface area contributed by atoms with Gasteiger partial charge in [0.25, 0.3) is 0 Å². The third-order valence-electron chi connectivity index (χ3n) is 6.01. The van der Waals surface area contributed by atoms with Crippen molar-refractivity contribution in [1.82, 2.24) is 19.5 Å². The molecule has 1 aliphatic heterocycles. The minimum atomic E-state index is -2.14. The Morgan fingerprint density at radius 2 is 2.00 bits per heavy atom. The number of hydrazone groups is 1. The second-order valence-corrected chi connectivity index (χ2v) is 9.10. The van der Waals surface area contributed by atoms with E-state index in [9.17, 15) is 9.00 Å². The van der Waals surface area contributed by atoms with Crippen molar-refractivity contribution in [3.63, 3.8) is 0 Å². The fourth-order valence-corrected chi connectivity index (χ4v) is 4.91. The van der Waals surface area contributed by atoms with E-state index in [1.165, 1.54) is 19.2 Å². The van der Waals surface area contributed by atoms with Gasteiger partial charge < -0.3 is 14.6 Å². The van der Waals surface area contributed by atoms with Gasteiger partial charge in [-0.15, -0.1) is 5.10 Å². The van der Waals surface area contributed by atoms with E-state index < -0.39 is 22.6 Å². The first kappa shape index (κ1) is 21.5. The van der Waals surface area contributed by atoms with E-state index in [1.54, 1.807) is 17.3 Å². The predicted molar refractivity (Wildman–Crippen MR) is 123 cm³/mol. The van der Waals surface area contributed by atoms with E-state index in [2.05, 4.69) is 25.0 Å². The summed E-state index contributed by atoms with van der Waals surface area (Å²) in [7, 11) is 1.81. The minimum Gasteiger partial charge on any atom is -0.407 e. The van der Waals surface area contributed by atoms with Crippen LogP contribution in [0.25, 0.3) is 11.0 Å². The molecule has 2 N–H and O–H groups in total. The summed E-state index contributed by atoms with van der Waals surface area (Å²) >= 11 is -2.14. The van der Waals surface area contributed by atoms with Gasteiger partial charge in [0.2, 0.25) is 22.9 Å².